The summed E-state index contributed by atoms with van der Waals surface area (Å²) in [5, 5.41) is 1.34. The highest BCUT2D eigenvalue weighted by Gasteiger charge is 1.90. The number of hydrogen-bond acceptors (Lipinski definition) is 0. The maximum Gasteiger partial charge on any atom is 0.376 e. The number of rotatable bonds is 7. The molecule has 0 aromatic heterocycles. The van der Waals surface area contributed by atoms with E-state index in [1.165, 1.54) is 43.8 Å². The van der Waals surface area contributed by atoms with Gasteiger partial charge in [-0.25, -0.2) is 0 Å². The van der Waals surface area contributed by atoms with E-state index in [0.717, 1.165) is 0 Å². The predicted octanol–water partition coefficient (Wildman–Crippen LogP) is 3.36. The Balaban J connectivity index is 2.65. The SMILES string of the molecule is CCCCCCC[CH2][AlH][Cl]. The van der Waals surface area contributed by atoms with E-state index in [0.29, 0.717) is 0 Å². The fourth-order valence-corrected chi connectivity index (χ4v) is 2.16. The molecule has 0 spiro atoms. The molecule has 0 saturated carbocycles. The Bertz CT molecular complexity index is 49.2. The van der Waals surface area contributed by atoms with Crippen molar-refractivity contribution in [2.75, 3.05) is 0 Å². The number of hydrogen-bond donors (Lipinski definition) is 0. The first-order valence-corrected chi connectivity index (χ1v) is 7.61. The van der Waals surface area contributed by atoms with Gasteiger partial charge in [-0.05, 0) is 0 Å². The highest BCUT2D eigenvalue weighted by molar-refractivity contribution is 6.93. The Hall–Kier alpha value is 0.822. The van der Waals surface area contributed by atoms with Crippen molar-refractivity contribution in [1.29, 1.82) is 0 Å². The molecule has 0 nitrogen and oxygen atoms in total. The van der Waals surface area contributed by atoms with Crippen LogP contribution in [0.25, 0.3) is 0 Å². The third-order valence-corrected chi connectivity index (χ3v) is 3.31. The molecule has 0 saturated heterocycles. The zero-order valence-corrected chi connectivity index (χ0v) is 9.20. The summed E-state index contributed by atoms with van der Waals surface area (Å²) in [7, 11) is 5.68. The van der Waals surface area contributed by atoms with Crippen molar-refractivity contribution in [3.63, 3.8) is 0 Å². The minimum Gasteiger partial charge on any atom is -0.267 e. The first kappa shape index (κ1) is 10.8. The van der Waals surface area contributed by atoms with E-state index in [1.54, 1.807) is 0 Å². The van der Waals surface area contributed by atoms with Crippen molar-refractivity contribution in [1.82, 2.24) is 0 Å². The van der Waals surface area contributed by atoms with Crippen molar-refractivity contribution < 1.29 is 0 Å². The fraction of sp³-hybridized carbons (Fsp3) is 1.00. The minimum absolute atomic E-state index is 0.153. The van der Waals surface area contributed by atoms with Gasteiger partial charge in [0.1, 0.15) is 0 Å². The summed E-state index contributed by atoms with van der Waals surface area (Å²) in [5.74, 6) is 0. The lowest BCUT2D eigenvalue weighted by Crippen LogP contribution is -1.80. The Morgan fingerprint density at radius 2 is 1.60 bits per heavy atom. The van der Waals surface area contributed by atoms with Crippen molar-refractivity contribution >= 4 is 24.3 Å². The molecular weight excluding hydrogens is 159 g/mol. The first-order chi connectivity index (χ1) is 4.91. The summed E-state index contributed by atoms with van der Waals surface area (Å²) < 4.78 is 0. The fourth-order valence-electron chi connectivity index (χ4n) is 1.05. The highest BCUT2D eigenvalue weighted by Crippen LogP contribution is 2.06. The zero-order valence-electron chi connectivity index (χ0n) is 7.03. The average Bonchev–Trinajstić information content (AvgIpc) is 1.97. The van der Waals surface area contributed by atoms with Gasteiger partial charge in [0.2, 0.25) is 0 Å². The monoisotopic (exact) mass is 176 g/mol. The molecule has 0 aliphatic heterocycles. The molecular formula is C8H18AlCl. The standard InChI is InChI=1S/C8H17.Al.ClH.H/c1-3-5-7-8-6-4-2;;;/h1,3-8H2,2H3;;1H;/q;+1;;/p-1. The van der Waals surface area contributed by atoms with Crippen LogP contribution < -0.4 is 0 Å². The molecule has 60 valence electrons. The molecule has 0 amide bonds. The molecule has 0 bridgehead atoms. The van der Waals surface area contributed by atoms with Crippen LogP contribution in [-0.2, 0) is 0 Å². The zero-order chi connectivity index (χ0) is 7.66. The molecule has 0 aromatic carbocycles. The van der Waals surface area contributed by atoms with Crippen LogP contribution in [-0.4, -0.2) is 14.3 Å². The van der Waals surface area contributed by atoms with Gasteiger partial charge < -0.3 is 0 Å². The van der Waals surface area contributed by atoms with Crippen molar-refractivity contribution in [3.05, 3.63) is 0 Å². The van der Waals surface area contributed by atoms with Gasteiger partial charge in [0, 0.05) is 0 Å². The van der Waals surface area contributed by atoms with Crippen molar-refractivity contribution in [3.8, 4) is 0 Å². The number of unbranched alkanes of at least 4 members (excludes halogenated alkanes) is 5. The Labute approximate surface area is 75.3 Å². The van der Waals surface area contributed by atoms with Gasteiger partial charge in [-0.1, -0.05) is 50.7 Å². The molecule has 0 N–H and O–H groups in total. The second-order valence-electron chi connectivity index (χ2n) is 2.81. The highest BCUT2D eigenvalue weighted by atomic mass is 35.6. The molecule has 0 fully saturated rings. The quantitative estimate of drug-likeness (QED) is 0.412. The third-order valence-electron chi connectivity index (χ3n) is 1.74. The largest absolute Gasteiger partial charge is 0.376 e. The number of halogens is 1. The Kier molecular flexibility index (Phi) is 10.6. The van der Waals surface area contributed by atoms with Crippen LogP contribution in [0.4, 0.5) is 0 Å². The summed E-state index contributed by atoms with van der Waals surface area (Å²) in [5.41, 5.74) is 0. The lowest BCUT2D eigenvalue weighted by atomic mass is 10.1. The summed E-state index contributed by atoms with van der Waals surface area (Å²) in [6.07, 6.45) is 8.43. The third kappa shape index (κ3) is 8.82. The van der Waals surface area contributed by atoms with Gasteiger partial charge in [0.15, 0.2) is 0 Å². The molecule has 0 radical (unpaired) electrons. The van der Waals surface area contributed by atoms with Crippen LogP contribution in [0.1, 0.15) is 45.4 Å². The molecule has 0 unspecified atom stereocenters. The second kappa shape index (κ2) is 9.82. The van der Waals surface area contributed by atoms with Crippen LogP contribution in [0.2, 0.25) is 5.28 Å². The smallest absolute Gasteiger partial charge is 0.267 e. The van der Waals surface area contributed by atoms with E-state index in [9.17, 15) is 0 Å². The van der Waals surface area contributed by atoms with E-state index in [4.69, 9.17) is 10.0 Å². The van der Waals surface area contributed by atoms with Crippen molar-refractivity contribution in [2.45, 2.75) is 50.7 Å². The Morgan fingerprint density at radius 1 is 1.00 bits per heavy atom. The van der Waals surface area contributed by atoms with Crippen LogP contribution >= 0.6 is 10.0 Å². The van der Waals surface area contributed by atoms with Gasteiger partial charge >= 0.3 is 14.3 Å². The Morgan fingerprint density at radius 3 is 2.20 bits per heavy atom. The summed E-state index contributed by atoms with van der Waals surface area (Å²) >= 11 is -0.153. The minimum atomic E-state index is -0.153. The molecule has 10 heavy (non-hydrogen) atoms. The van der Waals surface area contributed by atoms with Crippen LogP contribution in [0.15, 0.2) is 0 Å². The van der Waals surface area contributed by atoms with E-state index in [-0.39, 0.29) is 14.3 Å². The lowest BCUT2D eigenvalue weighted by Gasteiger charge is -1.96. The summed E-state index contributed by atoms with van der Waals surface area (Å²) in [4.78, 5) is 0. The predicted molar refractivity (Wildman–Crippen MR) is 51.2 cm³/mol. The summed E-state index contributed by atoms with van der Waals surface area (Å²) in [6.45, 7) is 2.26. The maximum absolute atomic E-state index is 5.68. The van der Waals surface area contributed by atoms with Crippen LogP contribution in [0, 0.1) is 0 Å². The summed E-state index contributed by atoms with van der Waals surface area (Å²) in [6, 6.07) is 0. The van der Waals surface area contributed by atoms with E-state index < -0.39 is 0 Å². The van der Waals surface area contributed by atoms with Gasteiger partial charge in [0.25, 0.3) is 0 Å². The maximum atomic E-state index is 5.68. The molecule has 0 aromatic rings. The lowest BCUT2D eigenvalue weighted by molar-refractivity contribution is 0.624. The van der Waals surface area contributed by atoms with Crippen LogP contribution in [0.3, 0.4) is 0 Å². The molecule has 0 heterocycles. The average molecular weight is 177 g/mol. The second-order valence-corrected chi connectivity index (χ2v) is 5.03. The van der Waals surface area contributed by atoms with Gasteiger partial charge in [0.05, 0.1) is 0 Å². The normalized spacial score (nSPS) is 9.80. The van der Waals surface area contributed by atoms with Crippen molar-refractivity contribution in [2.24, 2.45) is 0 Å². The molecule has 0 aliphatic rings. The van der Waals surface area contributed by atoms with E-state index in [2.05, 4.69) is 6.92 Å². The molecule has 0 rings (SSSR count). The van der Waals surface area contributed by atoms with E-state index in [1.807, 2.05) is 0 Å². The van der Waals surface area contributed by atoms with Gasteiger partial charge in [-0.15, -0.1) is 0 Å². The molecule has 0 atom stereocenters. The first-order valence-electron chi connectivity index (χ1n) is 4.47. The topological polar surface area (TPSA) is 0 Å². The van der Waals surface area contributed by atoms with E-state index >= 15 is 0 Å². The molecule has 2 heteroatoms. The van der Waals surface area contributed by atoms with Gasteiger partial charge in [-0.3, -0.25) is 10.0 Å². The van der Waals surface area contributed by atoms with Gasteiger partial charge in [-0.2, -0.15) is 0 Å². The molecule has 0 aliphatic carbocycles. The van der Waals surface area contributed by atoms with Crippen LogP contribution in [0.5, 0.6) is 0 Å².